The van der Waals surface area contributed by atoms with E-state index < -0.39 is 0 Å². The molecule has 0 aromatic heterocycles. The van der Waals surface area contributed by atoms with E-state index in [4.69, 9.17) is 9.47 Å². The fourth-order valence-corrected chi connectivity index (χ4v) is 4.29. The summed E-state index contributed by atoms with van der Waals surface area (Å²) in [5, 5.41) is 0. The molecule has 0 radical (unpaired) electrons. The zero-order chi connectivity index (χ0) is 21.1. The summed E-state index contributed by atoms with van der Waals surface area (Å²) < 4.78 is 10.7. The molecule has 2 aliphatic rings. The minimum absolute atomic E-state index is 0.110. The molecule has 1 N–H and O–H groups in total. The van der Waals surface area contributed by atoms with Crippen molar-refractivity contribution in [2.45, 2.75) is 19.4 Å². The van der Waals surface area contributed by atoms with E-state index in [-0.39, 0.29) is 24.3 Å². The predicted octanol–water partition coefficient (Wildman–Crippen LogP) is 1.13. The van der Waals surface area contributed by atoms with Crippen LogP contribution in [0.4, 0.5) is 11.4 Å². The number of anilines is 2. The normalized spacial score (nSPS) is 20.0. The standard InChI is InChI=1S/C23H27N3O4/c1-3-30-20-6-4-5-18(15-20)26-22(27)16-21(23(26)28)25-13-11-24(12-14-25)17-7-9-19(29-2)10-8-17/h4-10,15,21H,3,11-14,16H2,1-2H3/p+1/t21-/m1/s1. The first-order chi connectivity index (χ1) is 14.6. The Kier molecular flexibility index (Phi) is 5.90. The van der Waals surface area contributed by atoms with E-state index in [0.29, 0.717) is 18.0 Å². The van der Waals surface area contributed by atoms with E-state index in [9.17, 15) is 9.59 Å². The highest BCUT2D eigenvalue weighted by Gasteiger charge is 2.46. The molecule has 2 aliphatic heterocycles. The van der Waals surface area contributed by atoms with Crippen LogP contribution in [-0.2, 0) is 9.59 Å². The third kappa shape index (κ3) is 3.98. The number of carbonyl (C=O) groups is 2. The Morgan fingerprint density at radius 2 is 1.73 bits per heavy atom. The maximum atomic E-state index is 13.1. The van der Waals surface area contributed by atoms with Gasteiger partial charge in [-0.15, -0.1) is 0 Å². The van der Waals surface area contributed by atoms with Crippen molar-refractivity contribution in [1.82, 2.24) is 0 Å². The van der Waals surface area contributed by atoms with Crippen LogP contribution in [0.2, 0.25) is 0 Å². The number of hydrogen-bond acceptors (Lipinski definition) is 5. The molecule has 7 nitrogen and oxygen atoms in total. The van der Waals surface area contributed by atoms with Crippen LogP contribution < -0.4 is 24.2 Å². The highest BCUT2D eigenvalue weighted by atomic mass is 16.5. The average Bonchev–Trinajstić information content (AvgIpc) is 3.08. The SMILES string of the molecule is CCOc1cccc(N2C(=O)C[C@@H]([NH+]3CCN(c4ccc(OC)cc4)CC3)C2=O)c1. The molecule has 2 fully saturated rings. The van der Waals surface area contributed by atoms with Gasteiger partial charge in [0.05, 0.1) is 52.0 Å². The number of nitrogens with zero attached hydrogens (tertiary/aromatic N) is 2. The van der Waals surface area contributed by atoms with Crippen molar-refractivity contribution in [3.63, 3.8) is 0 Å². The largest absolute Gasteiger partial charge is 0.497 e. The van der Waals surface area contributed by atoms with Crippen molar-refractivity contribution >= 4 is 23.2 Å². The van der Waals surface area contributed by atoms with E-state index in [1.807, 2.05) is 31.2 Å². The van der Waals surface area contributed by atoms with Gasteiger partial charge in [-0.3, -0.25) is 9.59 Å². The molecule has 7 heteroatoms. The number of piperazine rings is 1. The van der Waals surface area contributed by atoms with Crippen molar-refractivity contribution in [2.75, 3.05) is 49.7 Å². The van der Waals surface area contributed by atoms with Crippen molar-refractivity contribution in [3.05, 3.63) is 48.5 Å². The maximum Gasteiger partial charge on any atom is 0.292 e. The van der Waals surface area contributed by atoms with Gasteiger partial charge in [0.15, 0.2) is 6.04 Å². The molecule has 0 aliphatic carbocycles. The van der Waals surface area contributed by atoms with Crippen molar-refractivity contribution < 1.29 is 24.0 Å². The third-order valence-corrected chi connectivity index (χ3v) is 5.87. The molecule has 0 saturated carbocycles. The van der Waals surface area contributed by atoms with Gasteiger partial charge in [0, 0.05) is 11.8 Å². The predicted molar refractivity (Wildman–Crippen MR) is 114 cm³/mol. The summed E-state index contributed by atoms with van der Waals surface area (Å²) in [7, 11) is 1.66. The second-order valence-corrected chi connectivity index (χ2v) is 7.60. The summed E-state index contributed by atoms with van der Waals surface area (Å²) in [5.41, 5.74) is 1.74. The number of quaternary nitrogens is 1. The Morgan fingerprint density at radius 3 is 2.40 bits per heavy atom. The van der Waals surface area contributed by atoms with Crippen molar-refractivity contribution in [1.29, 1.82) is 0 Å². The maximum absolute atomic E-state index is 13.1. The molecule has 1 atom stereocenters. The van der Waals surface area contributed by atoms with E-state index in [1.165, 1.54) is 9.80 Å². The highest BCUT2D eigenvalue weighted by molar-refractivity contribution is 6.21. The summed E-state index contributed by atoms with van der Waals surface area (Å²) in [6.07, 6.45) is 0.259. The monoisotopic (exact) mass is 410 g/mol. The molecule has 2 saturated heterocycles. The molecular weight excluding hydrogens is 382 g/mol. The highest BCUT2D eigenvalue weighted by Crippen LogP contribution is 2.26. The van der Waals surface area contributed by atoms with E-state index in [0.717, 1.165) is 37.6 Å². The van der Waals surface area contributed by atoms with Crippen LogP contribution in [-0.4, -0.2) is 57.8 Å². The number of nitrogens with one attached hydrogen (secondary N) is 1. The molecule has 0 spiro atoms. The van der Waals surface area contributed by atoms with Gasteiger partial charge in [0.2, 0.25) is 5.91 Å². The van der Waals surface area contributed by atoms with Gasteiger partial charge in [-0.1, -0.05) is 6.07 Å². The van der Waals surface area contributed by atoms with Crippen LogP contribution in [0, 0.1) is 0 Å². The first-order valence-corrected chi connectivity index (χ1v) is 10.4. The fraction of sp³-hybridized carbons (Fsp3) is 0.391. The number of carbonyl (C=O) groups excluding carboxylic acids is 2. The van der Waals surface area contributed by atoms with Crippen LogP contribution in [0.15, 0.2) is 48.5 Å². The zero-order valence-electron chi connectivity index (χ0n) is 17.5. The Hall–Kier alpha value is -3.06. The molecule has 0 bridgehead atoms. The van der Waals surface area contributed by atoms with E-state index >= 15 is 0 Å². The number of imide groups is 1. The molecule has 158 valence electrons. The van der Waals surface area contributed by atoms with Crippen LogP contribution in [0.3, 0.4) is 0 Å². The Morgan fingerprint density at radius 1 is 1.00 bits per heavy atom. The van der Waals surface area contributed by atoms with Crippen LogP contribution >= 0.6 is 0 Å². The molecule has 2 heterocycles. The van der Waals surface area contributed by atoms with Gasteiger partial charge in [-0.05, 0) is 43.3 Å². The number of amides is 2. The van der Waals surface area contributed by atoms with E-state index in [2.05, 4.69) is 17.0 Å². The first-order valence-electron chi connectivity index (χ1n) is 10.4. The van der Waals surface area contributed by atoms with Gasteiger partial charge in [0.25, 0.3) is 5.91 Å². The lowest BCUT2D eigenvalue weighted by Gasteiger charge is -2.35. The molecular formula is C23H28N3O4+. The molecule has 2 aromatic carbocycles. The van der Waals surface area contributed by atoms with Crippen LogP contribution in [0.1, 0.15) is 13.3 Å². The number of hydrogen-bond donors (Lipinski definition) is 1. The summed E-state index contributed by atoms with van der Waals surface area (Å²) in [5.74, 6) is 1.26. The third-order valence-electron chi connectivity index (χ3n) is 5.87. The van der Waals surface area contributed by atoms with Gasteiger partial charge in [0.1, 0.15) is 11.5 Å². The second-order valence-electron chi connectivity index (χ2n) is 7.60. The Labute approximate surface area is 176 Å². The molecule has 4 rings (SSSR count). The number of benzene rings is 2. The lowest BCUT2D eigenvalue weighted by molar-refractivity contribution is -0.915. The number of rotatable bonds is 6. The van der Waals surface area contributed by atoms with Crippen molar-refractivity contribution in [2.24, 2.45) is 0 Å². The zero-order valence-corrected chi connectivity index (χ0v) is 17.5. The van der Waals surface area contributed by atoms with E-state index in [1.54, 1.807) is 19.2 Å². The number of methoxy groups -OCH3 is 1. The lowest BCUT2D eigenvalue weighted by Crippen LogP contribution is -3.19. The van der Waals surface area contributed by atoms with Gasteiger partial charge in [-0.25, -0.2) is 4.90 Å². The minimum atomic E-state index is -0.314. The molecule has 30 heavy (non-hydrogen) atoms. The van der Waals surface area contributed by atoms with Crippen molar-refractivity contribution in [3.8, 4) is 11.5 Å². The summed E-state index contributed by atoms with van der Waals surface area (Å²) in [4.78, 5) is 30.6. The molecule has 2 aromatic rings. The Bertz CT molecular complexity index is 907. The molecule has 0 unspecified atom stereocenters. The van der Waals surface area contributed by atoms with Gasteiger partial charge in [-0.2, -0.15) is 0 Å². The van der Waals surface area contributed by atoms with Crippen LogP contribution in [0.25, 0.3) is 0 Å². The lowest BCUT2D eigenvalue weighted by atomic mass is 10.1. The summed E-state index contributed by atoms with van der Waals surface area (Å²) in [6.45, 7) is 5.78. The minimum Gasteiger partial charge on any atom is -0.497 e. The molecule has 2 amide bonds. The Balaban J connectivity index is 1.41. The first kappa shape index (κ1) is 20.2. The topological polar surface area (TPSA) is 63.5 Å². The average molecular weight is 410 g/mol. The quantitative estimate of drug-likeness (QED) is 0.724. The van der Waals surface area contributed by atoms with Gasteiger partial charge >= 0.3 is 0 Å². The summed E-state index contributed by atoms with van der Waals surface area (Å²) in [6, 6.07) is 14.9. The summed E-state index contributed by atoms with van der Waals surface area (Å²) >= 11 is 0. The smallest absolute Gasteiger partial charge is 0.292 e. The van der Waals surface area contributed by atoms with Gasteiger partial charge < -0.3 is 19.3 Å². The van der Waals surface area contributed by atoms with Crippen LogP contribution in [0.5, 0.6) is 11.5 Å². The second kappa shape index (κ2) is 8.75. The number of ether oxygens (including phenoxy) is 2. The fourth-order valence-electron chi connectivity index (χ4n) is 4.29.